The lowest BCUT2D eigenvalue weighted by atomic mass is 10.0. The third-order valence-corrected chi connectivity index (χ3v) is 11.9. The molecule has 0 radical (unpaired) electrons. The van der Waals surface area contributed by atoms with Gasteiger partial charge in [-0.2, -0.15) is 0 Å². The Bertz CT molecular complexity index is 3180. The zero-order valence-corrected chi connectivity index (χ0v) is 34.1. The van der Waals surface area contributed by atoms with Crippen LogP contribution in [0.25, 0.3) is 55.2 Å². The van der Waals surface area contributed by atoms with E-state index in [0.717, 1.165) is 58.1 Å². The summed E-state index contributed by atoms with van der Waals surface area (Å²) in [6, 6.07) is 75.7. The molecule has 0 aliphatic heterocycles. The van der Waals surface area contributed by atoms with E-state index in [4.69, 9.17) is 0 Å². The molecule has 2 heteroatoms. The van der Waals surface area contributed by atoms with Crippen LogP contribution in [0.15, 0.2) is 206 Å². The van der Waals surface area contributed by atoms with Crippen molar-refractivity contribution in [3.8, 4) is 0 Å². The normalized spacial score (nSPS) is 11.6. The Labute approximate surface area is 352 Å². The number of aryl methyl sites for hydroxylation is 2. The van der Waals surface area contributed by atoms with Crippen LogP contribution in [0.3, 0.4) is 0 Å². The van der Waals surface area contributed by atoms with Gasteiger partial charge in [-0.3, -0.25) is 0 Å². The van der Waals surface area contributed by atoms with Crippen molar-refractivity contribution in [3.05, 3.63) is 229 Å². The van der Waals surface area contributed by atoms with E-state index in [2.05, 4.69) is 242 Å². The first kappa shape index (κ1) is 36.9. The summed E-state index contributed by atoms with van der Waals surface area (Å²) < 4.78 is 0. The van der Waals surface area contributed by atoms with Crippen LogP contribution in [0.1, 0.15) is 36.1 Å². The van der Waals surface area contributed by atoms with Crippen LogP contribution < -0.4 is 9.80 Å². The fourth-order valence-corrected chi connectivity index (χ4v) is 8.47. The van der Waals surface area contributed by atoms with E-state index >= 15 is 0 Å². The molecule has 0 atom stereocenters. The maximum atomic E-state index is 2.37. The highest BCUT2D eigenvalue weighted by atomic mass is 15.1. The van der Waals surface area contributed by atoms with Crippen LogP contribution >= 0.6 is 0 Å². The summed E-state index contributed by atoms with van der Waals surface area (Å²) in [5.41, 5.74) is 11.8. The summed E-state index contributed by atoms with van der Waals surface area (Å²) in [6.07, 6.45) is 6.46. The van der Waals surface area contributed by atoms with E-state index < -0.39 is 0 Å². The van der Waals surface area contributed by atoms with Crippen LogP contribution in [0.4, 0.5) is 34.1 Å². The van der Waals surface area contributed by atoms with Crippen molar-refractivity contribution in [1.82, 2.24) is 0 Å². The largest absolute Gasteiger partial charge is 0.310 e. The average Bonchev–Trinajstić information content (AvgIpc) is 3.31. The van der Waals surface area contributed by atoms with Gasteiger partial charge in [-0.15, -0.1) is 0 Å². The van der Waals surface area contributed by atoms with Crippen LogP contribution in [0.2, 0.25) is 0 Å². The Balaban J connectivity index is 0.955. The predicted octanol–water partition coefficient (Wildman–Crippen LogP) is 16.5. The highest BCUT2D eigenvalue weighted by molar-refractivity contribution is 5.95. The first-order valence-electron chi connectivity index (χ1n) is 21.1. The molecule has 0 aromatic heterocycles. The van der Waals surface area contributed by atoms with Gasteiger partial charge in [-0.1, -0.05) is 159 Å². The van der Waals surface area contributed by atoms with Crippen molar-refractivity contribution in [3.63, 3.8) is 0 Å². The van der Waals surface area contributed by atoms with Gasteiger partial charge in [-0.25, -0.2) is 0 Å². The fraction of sp³-hybridized carbons (Fsp3) is 0.0690. The van der Waals surface area contributed by atoms with Crippen LogP contribution in [-0.2, 0) is 12.8 Å². The Morgan fingerprint density at radius 3 is 1.03 bits per heavy atom. The molecule has 0 fully saturated rings. The molecule has 288 valence electrons. The van der Waals surface area contributed by atoms with E-state index in [0.29, 0.717) is 0 Å². The van der Waals surface area contributed by atoms with E-state index in [1.807, 2.05) is 0 Å². The summed E-state index contributed by atoms with van der Waals surface area (Å²) in [4.78, 5) is 4.74. The SMILES string of the molecule is CCc1ccc2cc(N(c3ccc(/C=C/c4ccc(N(c5ccc6ccccc6c5)c5ccc6ccc(CC)cc6c5)cc4)cc3)c3ccc4ccccc4c3)ccc2c1. The molecule has 0 N–H and O–H groups in total. The Hall–Kier alpha value is -7.42. The van der Waals surface area contributed by atoms with Gasteiger partial charge in [0.05, 0.1) is 0 Å². The summed E-state index contributed by atoms with van der Waals surface area (Å²) in [6.45, 7) is 4.43. The molecule has 0 heterocycles. The average molecular weight is 771 g/mol. The standard InChI is InChI=1S/C58H46N2/c1-3-41-16-22-51-39-57(34-26-50(51)35-41)59(55-31-23-45-9-5-7-11-48(45)37-55)53-27-17-43(18-28-53)13-14-44-19-29-54(30-20-44)60(56-32-24-46-10-6-8-12-49(46)38-56)58-33-25-47-21-15-42(4-2)36-52(47)40-58/h5-40H,3-4H2,1-2H3/b14-13+. The highest BCUT2D eigenvalue weighted by Crippen LogP contribution is 2.40. The van der Waals surface area contributed by atoms with Gasteiger partial charge in [0, 0.05) is 34.1 Å². The number of nitrogens with zero attached hydrogens (tertiary/aromatic N) is 2. The monoisotopic (exact) mass is 770 g/mol. The molecule has 2 nitrogen and oxygen atoms in total. The smallest absolute Gasteiger partial charge is 0.0468 e. The highest BCUT2D eigenvalue weighted by Gasteiger charge is 2.16. The molecule has 0 bridgehead atoms. The zero-order chi connectivity index (χ0) is 40.4. The van der Waals surface area contributed by atoms with Gasteiger partial charge in [0.2, 0.25) is 0 Å². The molecule has 0 spiro atoms. The van der Waals surface area contributed by atoms with Gasteiger partial charge in [0.25, 0.3) is 0 Å². The molecule has 0 aliphatic rings. The van der Waals surface area contributed by atoms with E-state index in [1.165, 1.54) is 54.2 Å². The lowest BCUT2D eigenvalue weighted by Gasteiger charge is -2.26. The van der Waals surface area contributed by atoms with Crippen molar-refractivity contribution in [2.75, 3.05) is 9.80 Å². The molecule has 0 aliphatic carbocycles. The minimum atomic E-state index is 1.02. The summed E-state index contributed by atoms with van der Waals surface area (Å²) in [5, 5.41) is 9.94. The van der Waals surface area contributed by atoms with Crippen molar-refractivity contribution >= 4 is 89.4 Å². The fourth-order valence-electron chi connectivity index (χ4n) is 8.47. The van der Waals surface area contributed by atoms with E-state index in [-0.39, 0.29) is 0 Å². The third kappa shape index (κ3) is 7.40. The van der Waals surface area contributed by atoms with Crippen LogP contribution in [0, 0.1) is 0 Å². The maximum Gasteiger partial charge on any atom is 0.0468 e. The third-order valence-electron chi connectivity index (χ3n) is 11.9. The first-order valence-corrected chi connectivity index (χ1v) is 21.1. The van der Waals surface area contributed by atoms with Crippen molar-refractivity contribution in [2.24, 2.45) is 0 Å². The van der Waals surface area contributed by atoms with E-state index in [9.17, 15) is 0 Å². The summed E-state index contributed by atoms with van der Waals surface area (Å²) >= 11 is 0. The maximum absolute atomic E-state index is 2.37. The topological polar surface area (TPSA) is 6.48 Å². The molecule has 10 aromatic carbocycles. The quantitative estimate of drug-likeness (QED) is 0.128. The number of rotatable bonds is 10. The predicted molar refractivity (Wildman–Crippen MR) is 260 cm³/mol. The van der Waals surface area contributed by atoms with Crippen molar-refractivity contribution < 1.29 is 0 Å². The van der Waals surface area contributed by atoms with Gasteiger partial charge in [-0.05, 0) is 151 Å². The molecule has 0 amide bonds. The minimum absolute atomic E-state index is 1.02. The molecule has 0 saturated heterocycles. The second-order valence-corrected chi connectivity index (χ2v) is 15.7. The second kappa shape index (κ2) is 16.1. The summed E-state index contributed by atoms with van der Waals surface area (Å²) in [5.74, 6) is 0. The van der Waals surface area contributed by atoms with Crippen LogP contribution in [-0.4, -0.2) is 0 Å². The van der Waals surface area contributed by atoms with Gasteiger partial charge in [0.1, 0.15) is 0 Å². The molecule has 0 saturated carbocycles. The van der Waals surface area contributed by atoms with Crippen molar-refractivity contribution in [2.45, 2.75) is 26.7 Å². The van der Waals surface area contributed by atoms with Gasteiger partial charge >= 0.3 is 0 Å². The number of anilines is 6. The second-order valence-electron chi connectivity index (χ2n) is 15.7. The number of hydrogen-bond donors (Lipinski definition) is 0. The van der Waals surface area contributed by atoms with Gasteiger partial charge < -0.3 is 9.80 Å². The molecule has 60 heavy (non-hydrogen) atoms. The number of benzene rings is 10. The summed E-state index contributed by atoms with van der Waals surface area (Å²) in [7, 11) is 0. The molecule has 0 unspecified atom stereocenters. The molecule has 10 aromatic rings. The van der Waals surface area contributed by atoms with Crippen LogP contribution in [0.5, 0.6) is 0 Å². The lowest BCUT2D eigenvalue weighted by Crippen LogP contribution is -2.10. The zero-order valence-electron chi connectivity index (χ0n) is 34.1. The Morgan fingerprint density at radius 1 is 0.283 bits per heavy atom. The lowest BCUT2D eigenvalue weighted by molar-refractivity contribution is 1.15. The minimum Gasteiger partial charge on any atom is -0.310 e. The molecule has 10 rings (SSSR count). The van der Waals surface area contributed by atoms with Gasteiger partial charge in [0.15, 0.2) is 0 Å². The molecular formula is C58H46N2. The van der Waals surface area contributed by atoms with E-state index in [1.54, 1.807) is 0 Å². The first-order chi connectivity index (χ1) is 29.6. The Kier molecular flexibility index (Phi) is 9.89. The number of hydrogen-bond acceptors (Lipinski definition) is 2. The Morgan fingerprint density at radius 2 is 0.583 bits per heavy atom. The molecular weight excluding hydrogens is 725 g/mol. The number of fused-ring (bicyclic) bond motifs is 4. The van der Waals surface area contributed by atoms with Crippen molar-refractivity contribution in [1.29, 1.82) is 0 Å².